The second-order valence-corrected chi connectivity index (χ2v) is 9.12. The third-order valence-electron chi connectivity index (χ3n) is 5.52. The van der Waals surface area contributed by atoms with Crippen LogP contribution in [0, 0.1) is 5.92 Å². The van der Waals surface area contributed by atoms with E-state index in [4.69, 9.17) is 21.4 Å². The van der Waals surface area contributed by atoms with E-state index in [2.05, 4.69) is 20.6 Å². The molecule has 0 saturated heterocycles. The van der Waals surface area contributed by atoms with Crippen LogP contribution in [0.3, 0.4) is 0 Å². The second-order valence-electron chi connectivity index (χ2n) is 8.72. The predicted molar refractivity (Wildman–Crippen MR) is 136 cm³/mol. The van der Waals surface area contributed by atoms with E-state index in [0.29, 0.717) is 11.3 Å². The number of hydrogen-bond donors (Lipinski definition) is 3. The molecule has 0 aliphatic heterocycles. The highest BCUT2D eigenvalue weighted by Gasteiger charge is 2.31. The monoisotopic (exact) mass is 550 g/mol. The summed E-state index contributed by atoms with van der Waals surface area (Å²) in [6, 6.07) is 9.62. The van der Waals surface area contributed by atoms with Gasteiger partial charge in [0, 0.05) is 23.4 Å². The summed E-state index contributed by atoms with van der Waals surface area (Å²) in [7, 11) is 0. The van der Waals surface area contributed by atoms with Crippen molar-refractivity contribution in [3.8, 4) is 17.1 Å². The molecule has 1 heterocycles. The Morgan fingerprint density at radius 1 is 1.08 bits per heavy atom. The van der Waals surface area contributed by atoms with Crippen LogP contribution in [0.1, 0.15) is 36.2 Å². The Kier molecular flexibility index (Phi) is 9.51. The number of amides is 1. The van der Waals surface area contributed by atoms with Crippen molar-refractivity contribution < 1.29 is 32.6 Å². The van der Waals surface area contributed by atoms with Crippen molar-refractivity contribution in [1.82, 2.24) is 15.3 Å². The number of alkyl halides is 3. The van der Waals surface area contributed by atoms with Gasteiger partial charge in [-0.1, -0.05) is 25.4 Å². The fraction of sp³-hybridized carbons (Fsp3) is 0.308. The molecule has 3 rings (SSSR count). The van der Waals surface area contributed by atoms with E-state index >= 15 is 0 Å². The average Bonchev–Trinajstić information content (AvgIpc) is 2.86. The van der Waals surface area contributed by atoms with Crippen LogP contribution in [-0.4, -0.2) is 46.1 Å². The van der Waals surface area contributed by atoms with Gasteiger partial charge in [-0.25, -0.2) is 9.97 Å². The van der Waals surface area contributed by atoms with E-state index in [9.17, 15) is 22.8 Å². The molecule has 0 aliphatic carbocycles. The number of nitrogens with one attached hydrogen (secondary N) is 2. The summed E-state index contributed by atoms with van der Waals surface area (Å²) in [5.74, 6) is -0.639. The summed E-state index contributed by atoms with van der Waals surface area (Å²) in [5.41, 5.74) is 0.584. The van der Waals surface area contributed by atoms with E-state index in [1.54, 1.807) is 24.3 Å². The molecule has 0 bridgehead atoms. The Morgan fingerprint density at radius 3 is 2.29 bits per heavy atom. The number of carboxylic acids is 1. The summed E-state index contributed by atoms with van der Waals surface area (Å²) < 4.78 is 44.4. The van der Waals surface area contributed by atoms with Gasteiger partial charge >= 0.3 is 12.1 Å². The molecule has 0 unspecified atom stereocenters. The molecule has 0 radical (unpaired) electrons. The van der Waals surface area contributed by atoms with Crippen LogP contribution >= 0.6 is 11.6 Å². The van der Waals surface area contributed by atoms with Crippen LogP contribution in [0.5, 0.6) is 5.75 Å². The predicted octanol–water partition coefficient (Wildman–Crippen LogP) is 5.54. The van der Waals surface area contributed by atoms with Gasteiger partial charge in [0.15, 0.2) is 11.6 Å². The Bertz CT molecular complexity index is 1250. The minimum atomic E-state index is -4.50. The molecule has 1 aromatic heterocycles. The number of carbonyl (C=O) groups excluding carboxylic acids is 1. The number of anilines is 1. The Balaban J connectivity index is 1.58. The maximum absolute atomic E-state index is 12.9. The van der Waals surface area contributed by atoms with Gasteiger partial charge in [-0.3, -0.25) is 9.59 Å². The lowest BCUT2D eigenvalue weighted by Gasteiger charge is -2.24. The van der Waals surface area contributed by atoms with Gasteiger partial charge < -0.3 is 20.5 Å². The molecule has 1 atom stereocenters. The smallest absolute Gasteiger partial charge is 0.416 e. The molecular formula is C26H26ClF3N4O4. The highest BCUT2D eigenvalue weighted by molar-refractivity contribution is 6.33. The first kappa shape index (κ1) is 28.7. The maximum atomic E-state index is 12.9. The quantitative estimate of drug-likeness (QED) is 0.287. The topological polar surface area (TPSA) is 113 Å². The van der Waals surface area contributed by atoms with Crippen molar-refractivity contribution in [1.29, 1.82) is 0 Å². The number of halogens is 4. The van der Waals surface area contributed by atoms with Gasteiger partial charge in [0.1, 0.15) is 6.61 Å². The van der Waals surface area contributed by atoms with Gasteiger partial charge in [0.05, 0.1) is 35.4 Å². The summed E-state index contributed by atoms with van der Waals surface area (Å²) >= 11 is 6.02. The standard InChI is InChI=1S/C26H26ClF3N4O4/c1-15(2)22(34-18-6-3-16(4-7-18)25(37)31-10-9-23(35)36)14-38-19-12-32-24(33-13-19)20-8-5-17(11-21(20)27)26(28,29)30/h3-8,11-13,15,22,34H,9-10,14H2,1-2H3,(H,31,37)(H,35,36)/t22-/m1/s1. The van der Waals surface area contributed by atoms with Gasteiger partial charge in [-0.05, 0) is 48.4 Å². The SMILES string of the molecule is CC(C)[C@@H](COc1cnc(-c2ccc(C(F)(F)F)cc2Cl)nc1)Nc1ccc(C(=O)NCCC(=O)O)cc1. The van der Waals surface area contributed by atoms with E-state index in [1.165, 1.54) is 18.5 Å². The van der Waals surface area contributed by atoms with Gasteiger partial charge in [0.25, 0.3) is 5.91 Å². The number of rotatable bonds is 11. The number of benzene rings is 2. The van der Waals surface area contributed by atoms with Crippen molar-refractivity contribution in [2.45, 2.75) is 32.5 Å². The summed E-state index contributed by atoms with van der Waals surface area (Å²) in [6.45, 7) is 4.33. The average molecular weight is 551 g/mol. The number of carboxylic acid groups (broad SMARTS) is 1. The summed E-state index contributed by atoms with van der Waals surface area (Å²) in [5, 5.41) is 14.5. The summed E-state index contributed by atoms with van der Waals surface area (Å²) in [6.07, 6.45) is -1.81. The number of ether oxygens (including phenoxy) is 1. The lowest BCUT2D eigenvalue weighted by molar-refractivity contribution is -0.138. The highest BCUT2D eigenvalue weighted by Crippen LogP contribution is 2.34. The number of aromatic nitrogens is 2. The lowest BCUT2D eigenvalue weighted by Crippen LogP contribution is -2.32. The van der Waals surface area contributed by atoms with Gasteiger partial charge in [-0.15, -0.1) is 0 Å². The van der Waals surface area contributed by atoms with E-state index in [0.717, 1.165) is 17.8 Å². The molecule has 2 aromatic carbocycles. The minimum absolute atomic E-state index is 0.0446. The molecule has 0 spiro atoms. The van der Waals surface area contributed by atoms with Crippen molar-refractivity contribution >= 4 is 29.2 Å². The Hall–Kier alpha value is -3.86. The molecular weight excluding hydrogens is 525 g/mol. The lowest BCUT2D eigenvalue weighted by atomic mass is 10.0. The zero-order valence-corrected chi connectivity index (χ0v) is 21.3. The third kappa shape index (κ3) is 8.07. The van der Waals surface area contributed by atoms with E-state index < -0.39 is 17.7 Å². The minimum Gasteiger partial charge on any atom is -0.488 e. The number of hydrogen-bond acceptors (Lipinski definition) is 6. The third-order valence-corrected chi connectivity index (χ3v) is 5.84. The molecule has 3 aromatic rings. The molecule has 3 N–H and O–H groups in total. The highest BCUT2D eigenvalue weighted by atomic mass is 35.5. The fourth-order valence-corrected chi connectivity index (χ4v) is 3.57. The van der Waals surface area contributed by atoms with Crippen LogP contribution in [-0.2, 0) is 11.0 Å². The number of carbonyl (C=O) groups is 2. The Labute approximate surface area is 222 Å². The molecule has 0 aliphatic rings. The van der Waals surface area contributed by atoms with Crippen LogP contribution in [0.25, 0.3) is 11.4 Å². The molecule has 8 nitrogen and oxygen atoms in total. The maximum Gasteiger partial charge on any atom is 0.416 e. The number of aliphatic carboxylic acids is 1. The van der Waals surface area contributed by atoms with Crippen molar-refractivity contribution in [2.75, 3.05) is 18.5 Å². The first-order chi connectivity index (χ1) is 17.9. The first-order valence-corrected chi connectivity index (χ1v) is 12.0. The zero-order chi connectivity index (χ0) is 27.9. The van der Waals surface area contributed by atoms with Crippen LogP contribution in [0.4, 0.5) is 18.9 Å². The van der Waals surface area contributed by atoms with Crippen LogP contribution in [0.15, 0.2) is 54.9 Å². The van der Waals surface area contributed by atoms with Crippen molar-refractivity contribution in [2.24, 2.45) is 5.92 Å². The van der Waals surface area contributed by atoms with Crippen molar-refractivity contribution in [3.05, 3.63) is 71.0 Å². The van der Waals surface area contributed by atoms with Gasteiger partial charge in [-0.2, -0.15) is 13.2 Å². The largest absolute Gasteiger partial charge is 0.488 e. The van der Waals surface area contributed by atoms with E-state index in [1.807, 2.05) is 13.8 Å². The normalized spacial score (nSPS) is 12.2. The summed E-state index contributed by atoms with van der Waals surface area (Å²) in [4.78, 5) is 31.0. The molecule has 38 heavy (non-hydrogen) atoms. The van der Waals surface area contributed by atoms with Crippen molar-refractivity contribution in [3.63, 3.8) is 0 Å². The molecule has 1 amide bonds. The first-order valence-electron chi connectivity index (χ1n) is 11.6. The van der Waals surface area contributed by atoms with E-state index in [-0.39, 0.29) is 53.8 Å². The van der Waals surface area contributed by atoms with Gasteiger partial charge in [0.2, 0.25) is 0 Å². The fourth-order valence-electron chi connectivity index (χ4n) is 3.31. The molecule has 0 fully saturated rings. The Morgan fingerprint density at radius 2 is 1.74 bits per heavy atom. The molecule has 0 saturated carbocycles. The molecule has 202 valence electrons. The zero-order valence-electron chi connectivity index (χ0n) is 20.6. The molecule has 12 heteroatoms. The van der Waals surface area contributed by atoms with Crippen LogP contribution < -0.4 is 15.4 Å². The number of nitrogens with zero attached hydrogens (tertiary/aromatic N) is 2. The second kappa shape index (κ2) is 12.6. The van der Waals surface area contributed by atoms with Crippen LogP contribution in [0.2, 0.25) is 5.02 Å².